The summed E-state index contributed by atoms with van der Waals surface area (Å²) in [6.45, 7) is 2.92. The molecular weight excluding hydrogens is 388 g/mol. The summed E-state index contributed by atoms with van der Waals surface area (Å²) in [5, 5.41) is 13.9. The molecule has 3 aromatic rings. The molecule has 8 heteroatoms. The average Bonchev–Trinajstić information content (AvgIpc) is 3.09. The molecule has 2 aliphatic heterocycles. The molecular formula is C22H18N2O6. The Morgan fingerprint density at radius 1 is 1.30 bits per heavy atom. The number of para-hydroxylation sites is 1. The number of rotatable bonds is 2. The van der Waals surface area contributed by atoms with Crippen molar-refractivity contribution in [3.05, 3.63) is 68.6 Å². The van der Waals surface area contributed by atoms with Crippen LogP contribution in [0.15, 0.2) is 41.2 Å². The van der Waals surface area contributed by atoms with Gasteiger partial charge in [-0.1, -0.05) is 19.1 Å². The fraction of sp³-hybridized carbons (Fsp3) is 0.273. The second kappa shape index (κ2) is 6.16. The van der Waals surface area contributed by atoms with Gasteiger partial charge in [0.2, 0.25) is 16.8 Å². The fourth-order valence-corrected chi connectivity index (χ4v) is 4.52. The van der Waals surface area contributed by atoms with E-state index in [0.717, 1.165) is 10.1 Å². The molecule has 0 saturated heterocycles. The number of hydrogen-bond acceptors (Lipinski definition) is 6. The molecule has 2 aliphatic rings. The highest BCUT2D eigenvalue weighted by Gasteiger charge is 2.50. The van der Waals surface area contributed by atoms with E-state index in [2.05, 4.69) is 0 Å². The standard InChI is InChI=1S/C22H18N2O6/c1-3-22(30-12(2)25)16-9-18-19-14(8-13-6-4-5-7-17(13)24(19)28)10-23(18)20(26)15(16)11-29-21(22)27/h4-9H,3,10-11H2,1-2H3/t22-/m0/s1. The molecule has 0 spiro atoms. The SMILES string of the molecule is CC[C@@]1(OC(C)=O)C(=O)OCc2c1cc1n(c2=O)Cc2cc3ccccc3[n+]([O-])c2-1. The molecule has 4 heterocycles. The van der Waals surface area contributed by atoms with Crippen LogP contribution in [-0.4, -0.2) is 16.5 Å². The maximum atomic E-state index is 13.3. The predicted octanol–water partition coefficient (Wildman–Crippen LogP) is 1.89. The molecule has 152 valence electrons. The van der Waals surface area contributed by atoms with Gasteiger partial charge in [0.25, 0.3) is 5.56 Å². The molecule has 0 radical (unpaired) electrons. The first kappa shape index (κ1) is 18.4. The summed E-state index contributed by atoms with van der Waals surface area (Å²) in [4.78, 5) is 37.7. The largest absolute Gasteiger partial charge is 0.618 e. The number of carbonyl (C=O) groups excluding carboxylic acids is 2. The minimum absolute atomic E-state index is 0.100. The zero-order valence-electron chi connectivity index (χ0n) is 16.4. The van der Waals surface area contributed by atoms with Crippen molar-refractivity contribution < 1.29 is 23.8 Å². The van der Waals surface area contributed by atoms with Crippen molar-refractivity contribution in [3.63, 3.8) is 0 Å². The molecule has 2 aromatic heterocycles. The third-order valence-electron chi connectivity index (χ3n) is 5.89. The van der Waals surface area contributed by atoms with E-state index in [0.29, 0.717) is 22.5 Å². The number of carbonyl (C=O) groups is 2. The second-order valence-corrected chi connectivity index (χ2v) is 7.53. The molecule has 0 saturated carbocycles. The summed E-state index contributed by atoms with van der Waals surface area (Å²) in [5.74, 6) is -1.38. The number of esters is 2. The number of hydrogen-bond donors (Lipinski definition) is 0. The molecule has 1 atom stereocenters. The van der Waals surface area contributed by atoms with Crippen LogP contribution in [0.5, 0.6) is 0 Å². The van der Waals surface area contributed by atoms with E-state index in [4.69, 9.17) is 9.47 Å². The Hall–Kier alpha value is -3.68. The maximum Gasteiger partial charge on any atom is 0.355 e. The molecule has 0 amide bonds. The molecule has 0 unspecified atom stereocenters. The van der Waals surface area contributed by atoms with E-state index in [9.17, 15) is 19.6 Å². The van der Waals surface area contributed by atoms with Crippen molar-refractivity contribution in [2.24, 2.45) is 0 Å². The minimum atomic E-state index is -1.71. The lowest BCUT2D eigenvalue weighted by atomic mass is 9.85. The van der Waals surface area contributed by atoms with Crippen molar-refractivity contribution in [3.8, 4) is 11.4 Å². The van der Waals surface area contributed by atoms with Crippen LogP contribution in [0.2, 0.25) is 0 Å². The van der Waals surface area contributed by atoms with Gasteiger partial charge in [-0.15, -0.1) is 0 Å². The van der Waals surface area contributed by atoms with Crippen LogP contribution in [0, 0.1) is 5.21 Å². The summed E-state index contributed by atoms with van der Waals surface area (Å²) in [7, 11) is 0. The Balaban J connectivity index is 1.83. The zero-order valence-corrected chi connectivity index (χ0v) is 16.4. The van der Waals surface area contributed by atoms with Gasteiger partial charge in [0.05, 0.1) is 12.1 Å². The topological polar surface area (TPSA) is 102 Å². The van der Waals surface area contributed by atoms with Crippen molar-refractivity contribution in [2.75, 3.05) is 0 Å². The summed E-state index contributed by atoms with van der Waals surface area (Å²) < 4.78 is 13.0. The molecule has 30 heavy (non-hydrogen) atoms. The lowest BCUT2D eigenvalue weighted by Gasteiger charge is -2.35. The van der Waals surface area contributed by atoms with Crippen molar-refractivity contribution >= 4 is 22.8 Å². The van der Waals surface area contributed by atoms with Crippen molar-refractivity contribution in [1.82, 2.24) is 4.57 Å². The quantitative estimate of drug-likeness (QED) is 0.286. The summed E-state index contributed by atoms with van der Waals surface area (Å²) >= 11 is 0. The number of aromatic nitrogens is 2. The van der Waals surface area contributed by atoms with Crippen LogP contribution in [0.4, 0.5) is 0 Å². The Labute approximate surface area is 170 Å². The number of cyclic esters (lactones) is 1. The van der Waals surface area contributed by atoms with Crippen LogP contribution < -0.4 is 10.3 Å². The third kappa shape index (κ3) is 2.27. The highest BCUT2D eigenvalue weighted by atomic mass is 16.6. The Morgan fingerprint density at radius 3 is 2.80 bits per heavy atom. The van der Waals surface area contributed by atoms with Crippen LogP contribution in [-0.2, 0) is 37.8 Å². The molecule has 5 rings (SSSR count). The lowest BCUT2D eigenvalue weighted by Crippen LogP contribution is -2.47. The normalized spacial score (nSPS) is 19.1. The number of ether oxygens (including phenoxy) is 2. The Kier molecular flexibility index (Phi) is 3.77. The molecule has 0 aliphatic carbocycles. The number of fused-ring (bicyclic) bond motifs is 5. The average molecular weight is 406 g/mol. The molecule has 0 fully saturated rings. The Morgan fingerprint density at radius 2 is 2.07 bits per heavy atom. The minimum Gasteiger partial charge on any atom is -0.618 e. The fourth-order valence-electron chi connectivity index (χ4n) is 4.52. The smallest absolute Gasteiger partial charge is 0.355 e. The first-order valence-corrected chi connectivity index (χ1v) is 9.66. The second-order valence-electron chi connectivity index (χ2n) is 7.53. The van der Waals surface area contributed by atoms with Gasteiger partial charge in [-0.05, 0) is 24.6 Å². The van der Waals surface area contributed by atoms with Crippen LogP contribution in [0.25, 0.3) is 22.3 Å². The third-order valence-corrected chi connectivity index (χ3v) is 5.89. The summed E-state index contributed by atoms with van der Waals surface area (Å²) in [5.41, 5.74) is 0.433. The van der Waals surface area contributed by atoms with Gasteiger partial charge in [0.15, 0.2) is 0 Å². The Bertz CT molecular complexity index is 1330. The summed E-state index contributed by atoms with van der Waals surface area (Å²) in [6, 6.07) is 10.7. The molecule has 8 nitrogen and oxygen atoms in total. The highest BCUT2D eigenvalue weighted by molar-refractivity contribution is 5.87. The molecule has 0 N–H and O–H groups in total. The van der Waals surface area contributed by atoms with E-state index in [-0.39, 0.29) is 36.3 Å². The van der Waals surface area contributed by atoms with Gasteiger partial charge in [0, 0.05) is 29.5 Å². The molecule has 1 aromatic carbocycles. The van der Waals surface area contributed by atoms with Crippen LogP contribution in [0.3, 0.4) is 0 Å². The summed E-state index contributed by atoms with van der Waals surface area (Å²) in [6.07, 6.45) is 0.100. The van der Waals surface area contributed by atoms with Gasteiger partial charge in [-0.2, -0.15) is 4.73 Å². The van der Waals surface area contributed by atoms with E-state index >= 15 is 0 Å². The van der Waals surface area contributed by atoms with E-state index < -0.39 is 17.5 Å². The van der Waals surface area contributed by atoms with Crippen molar-refractivity contribution in [2.45, 2.75) is 39.0 Å². The monoisotopic (exact) mass is 406 g/mol. The maximum absolute atomic E-state index is 13.3. The predicted molar refractivity (Wildman–Crippen MR) is 105 cm³/mol. The van der Waals surface area contributed by atoms with Gasteiger partial charge < -0.3 is 14.7 Å². The number of benzene rings is 1. The van der Waals surface area contributed by atoms with Gasteiger partial charge in [-0.3, -0.25) is 14.2 Å². The molecule has 0 bridgehead atoms. The number of nitrogens with zero attached hydrogens (tertiary/aromatic N) is 2. The highest BCUT2D eigenvalue weighted by Crippen LogP contribution is 2.40. The number of pyridine rings is 2. The lowest BCUT2D eigenvalue weighted by molar-refractivity contribution is -0.565. The first-order valence-electron chi connectivity index (χ1n) is 9.66. The van der Waals surface area contributed by atoms with E-state index in [1.165, 1.54) is 11.5 Å². The van der Waals surface area contributed by atoms with Gasteiger partial charge >= 0.3 is 11.9 Å². The first-order chi connectivity index (χ1) is 14.4. The zero-order chi connectivity index (χ0) is 21.2. The van der Waals surface area contributed by atoms with Gasteiger partial charge in [0.1, 0.15) is 12.3 Å². The van der Waals surface area contributed by atoms with E-state index in [1.807, 2.05) is 18.2 Å². The van der Waals surface area contributed by atoms with Gasteiger partial charge in [-0.25, -0.2) is 4.79 Å². The van der Waals surface area contributed by atoms with Crippen LogP contribution in [0.1, 0.15) is 37.0 Å². The van der Waals surface area contributed by atoms with E-state index in [1.54, 1.807) is 25.1 Å². The van der Waals surface area contributed by atoms with Crippen LogP contribution >= 0.6 is 0 Å². The van der Waals surface area contributed by atoms with Crippen molar-refractivity contribution in [1.29, 1.82) is 0 Å².